The summed E-state index contributed by atoms with van der Waals surface area (Å²) >= 11 is 0. The minimum absolute atomic E-state index is 0.133. The van der Waals surface area contributed by atoms with Gasteiger partial charge in [0, 0.05) is 5.92 Å². The first-order valence-electron chi connectivity index (χ1n) is 10.8. The van der Waals surface area contributed by atoms with Gasteiger partial charge in [-0.15, -0.1) is 0 Å². The van der Waals surface area contributed by atoms with Crippen LogP contribution in [0, 0.1) is 0 Å². The summed E-state index contributed by atoms with van der Waals surface area (Å²) in [5.74, 6) is 0.133. The Morgan fingerprint density at radius 1 is 0.323 bits per heavy atom. The maximum absolute atomic E-state index is 2.28. The highest BCUT2D eigenvalue weighted by Crippen LogP contribution is 2.41. The molecule has 0 unspecified atom stereocenters. The second kappa shape index (κ2) is 8.85. The lowest BCUT2D eigenvalue weighted by Crippen LogP contribution is -2.07. The molecule has 0 N–H and O–H groups in total. The molecule has 0 nitrogen and oxygen atoms in total. The Balaban J connectivity index is 1.77. The van der Waals surface area contributed by atoms with E-state index >= 15 is 0 Å². The van der Waals surface area contributed by atoms with E-state index < -0.39 is 0 Å². The SMILES string of the molecule is c1ccc(-c2ccccc2C(c2ccccc2)c2ccccc2-c2ccccc2)cc1. The minimum atomic E-state index is 0.133. The van der Waals surface area contributed by atoms with Crippen molar-refractivity contribution in [3.63, 3.8) is 0 Å². The minimum Gasteiger partial charge on any atom is -0.0622 e. The lowest BCUT2D eigenvalue weighted by atomic mass is 9.79. The maximum Gasteiger partial charge on any atom is 0.0352 e. The Kier molecular flexibility index (Phi) is 5.45. The molecule has 148 valence electrons. The van der Waals surface area contributed by atoms with Crippen molar-refractivity contribution in [2.24, 2.45) is 0 Å². The van der Waals surface area contributed by atoms with Crippen molar-refractivity contribution in [1.82, 2.24) is 0 Å². The van der Waals surface area contributed by atoms with E-state index in [2.05, 4.69) is 140 Å². The van der Waals surface area contributed by atoms with Gasteiger partial charge < -0.3 is 0 Å². The monoisotopic (exact) mass is 396 g/mol. The largest absolute Gasteiger partial charge is 0.0622 e. The van der Waals surface area contributed by atoms with Gasteiger partial charge in [0.05, 0.1) is 0 Å². The molecule has 0 heterocycles. The van der Waals surface area contributed by atoms with Crippen LogP contribution < -0.4 is 0 Å². The van der Waals surface area contributed by atoms with Gasteiger partial charge in [-0.25, -0.2) is 0 Å². The summed E-state index contributed by atoms with van der Waals surface area (Å²) in [5.41, 5.74) is 8.99. The number of rotatable bonds is 5. The van der Waals surface area contributed by atoms with Crippen LogP contribution in [0.4, 0.5) is 0 Å². The van der Waals surface area contributed by atoms with Gasteiger partial charge in [-0.3, -0.25) is 0 Å². The fourth-order valence-electron chi connectivity index (χ4n) is 4.43. The van der Waals surface area contributed by atoms with E-state index in [4.69, 9.17) is 0 Å². The summed E-state index contributed by atoms with van der Waals surface area (Å²) < 4.78 is 0. The van der Waals surface area contributed by atoms with E-state index in [1.807, 2.05) is 0 Å². The van der Waals surface area contributed by atoms with E-state index in [1.54, 1.807) is 0 Å². The van der Waals surface area contributed by atoms with Crippen molar-refractivity contribution in [2.75, 3.05) is 0 Å². The lowest BCUT2D eigenvalue weighted by molar-refractivity contribution is 0.982. The van der Waals surface area contributed by atoms with Crippen LogP contribution in [0.15, 0.2) is 140 Å². The van der Waals surface area contributed by atoms with E-state index in [1.165, 1.54) is 38.9 Å². The second-order valence-corrected chi connectivity index (χ2v) is 7.75. The highest BCUT2D eigenvalue weighted by molar-refractivity contribution is 5.74. The summed E-state index contributed by atoms with van der Waals surface area (Å²) in [6, 6.07) is 49.9. The van der Waals surface area contributed by atoms with Crippen LogP contribution in [0.5, 0.6) is 0 Å². The number of hydrogen-bond donors (Lipinski definition) is 0. The molecule has 0 saturated heterocycles. The van der Waals surface area contributed by atoms with Crippen molar-refractivity contribution in [3.8, 4) is 22.3 Å². The first kappa shape index (κ1) is 19.1. The molecule has 0 aliphatic heterocycles. The Morgan fingerprint density at radius 2 is 0.677 bits per heavy atom. The predicted octanol–water partition coefficient (Wildman–Crippen LogP) is 8.20. The van der Waals surface area contributed by atoms with Crippen LogP contribution in [0.3, 0.4) is 0 Å². The first-order valence-corrected chi connectivity index (χ1v) is 10.8. The summed E-state index contributed by atoms with van der Waals surface area (Å²) in [4.78, 5) is 0. The fraction of sp³-hybridized carbons (Fsp3) is 0.0323. The van der Waals surface area contributed by atoms with Crippen LogP contribution in [0.25, 0.3) is 22.3 Å². The molecule has 5 aromatic rings. The van der Waals surface area contributed by atoms with Gasteiger partial charge in [-0.2, -0.15) is 0 Å². The third-order valence-corrected chi connectivity index (χ3v) is 5.85. The number of benzene rings is 5. The van der Waals surface area contributed by atoms with Crippen LogP contribution in [0.1, 0.15) is 22.6 Å². The van der Waals surface area contributed by atoms with Gasteiger partial charge in [0.1, 0.15) is 0 Å². The van der Waals surface area contributed by atoms with Crippen molar-refractivity contribution < 1.29 is 0 Å². The van der Waals surface area contributed by atoms with Gasteiger partial charge in [-0.1, -0.05) is 140 Å². The molecule has 0 aliphatic carbocycles. The van der Waals surface area contributed by atoms with Crippen LogP contribution >= 0.6 is 0 Å². The van der Waals surface area contributed by atoms with Crippen molar-refractivity contribution in [2.45, 2.75) is 5.92 Å². The first-order chi connectivity index (χ1) is 15.4. The fourth-order valence-corrected chi connectivity index (χ4v) is 4.43. The summed E-state index contributed by atoms with van der Waals surface area (Å²) in [5, 5.41) is 0. The quantitative estimate of drug-likeness (QED) is 0.263. The van der Waals surface area contributed by atoms with E-state index in [0.29, 0.717) is 0 Å². The molecule has 0 amide bonds. The van der Waals surface area contributed by atoms with E-state index in [-0.39, 0.29) is 5.92 Å². The topological polar surface area (TPSA) is 0 Å². The second-order valence-electron chi connectivity index (χ2n) is 7.75. The molecule has 0 saturated carbocycles. The molecule has 5 rings (SSSR count). The normalized spacial score (nSPS) is 10.9. The molecule has 0 heteroatoms. The molecule has 5 aromatic carbocycles. The van der Waals surface area contributed by atoms with Gasteiger partial charge in [0.25, 0.3) is 0 Å². The smallest absolute Gasteiger partial charge is 0.0352 e. The summed E-state index contributed by atoms with van der Waals surface area (Å²) in [6.07, 6.45) is 0. The van der Waals surface area contributed by atoms with Crippen molar-refractivity contribution in [3.05, 3.63) is 156 Å². The molecule has 0 radical (unpaired) electrons. The van der Waals surface area contributed by atoms with E-state index in [0.717, 1.165) is 0 Å². The molecule has 0 spiro atoms. The van der Waals surface area contributed by atoms with E-state index in [9.17, 15) is 0 Å². The predicted molar refractivity (Wildman–Crippen MR) is 131 cm³/mol. The van der Waals surface area contributed by atoms with Crippen LogP contribution in [-0.2, 0) is 0 Å². The summed E-state index contributed by atoms with van der Waals surface area (Å²) in [7, 11) is 0. The molecule has 0 aliphatic rings. The van der Waals surface area contributed by atoms with Gasteiger partial charge in [0.2, 0.25) is 0 Å². The Hall–Kier alpha value is -3.90. The standard InChI is InChI=1S/C31H24/c1-4-14-24(15-5-1)27-20-10-12-22-29(27)31(26-18-8-3-9-19-26)30-23-13-11-21-28(30)25-16-6-2-7-17-25/h1-23,31H. The van der Waals surface area contributed by atoms with Crippen LogP contribution in [-0.4, -0.2) is 0 Å². The summed E-state index contributed by atoms with van der Waals surface area (Å²) in [6.45, 7) is 0. The molecule has 0 bridgehead atoms. The van der Waals surface area contributed by atoms with Gasteiger partial charge in [-0.05, 0) is 38.9 Å². The zero-order chi connectivity index (χ0) is 20.9. The Morgan fingerprint density at radius 3 is 1.13 bits per heavy atom. The van der Waals surface area contributed by atoms with Crippen molar-refractivity contribution >= 4 is 0 Å². The average Bonchev–Trinajstić information content (AvgIpc) is 2.87. The number of hydrogen-bond acceptors (Lipinski definition) is 0. The maximum atomic E-state index is 2.28. The lowest BCUT2D eigenvalue weighted by Gasteiger charge is -2.24. The molecular weight excluding hydrogens is 372 g/mol. The Bertz CT molecular complexity index is 1170. The average molecular weight is 397 g/mol. The molecule has 31 heavy (non-hydrogen) atoms. The van der Waals surface area contributed by atoms with Crippen molar-refractivity contribution in [1.29, 1.82) is 0 Å². The third-order valence-electron chi connectivity index (χ3n) is 5.85. The Labute approximate surface area is 184 Å². The van der Waals surface area contributed by atoms with Gasteiger partial charge in [0.15, 0.2) is 0 Å². The molecule has 0 fully saturated rings. The zero-order valence-corrected chi connectivity index (χ0v) is 17.4. The molecule has 0 aromatic heterocycles. The third kappa shape index (κ3) is 3.93. The molecule has 0 atom stereocenters. The highest BCUT2D eigenvalue weighted by atomic mass is 14.3. The van der Waals surface area contributed by atoms with Crippen LogP contribution in [0.2, 0.25) is 0 Å². The van der Waals surface area contributed by atoms with Gasteiger partial charge >= 0.3 is 0 Å². The zero-order valence-electron chi connectivity index (χ0n) is 17.4. The molecular formula is C31H24. The highest BCUT2D eigenvalue weighted by Gasteiger charge is 2.22.